The van der Waals surface area contributed by atoms with Gasteiger partial charge in [-0.25, -0.2) is 0 Å². The lowest BCUT2D eigenvalue weighted by Crippen LogP contribution is -2.21. The zero-order chi connectivity index (χ0) is 14.6. The van der Waals surface area contributed by atoms with Crippen LogP contribution in [0.5, 0.6) is 5.75 Å². The first-order valence-corrected chi connectivity index (χ1v) is 5.54. The van der Waals surface area contributed by atoms with Crippen molar-refractivity contribution in [2.75, 3.05) is 5.32 Å². The molecule has 0 aromatic heterocycles. The van der Waals surface area contributed by atoms with Crippen molar-refractivity contribution < 1.29 is 19.2 Å². The molecular formula is C12H14N2O5. The number of benzene rings is 1. The van der Waals surface area contributed by atoms with Gasteiger partial charge in [-0.15, -0.1) is 0 Å². The number of anilines is 1. The van der Waals surface area contributed by atoms with E-state index in [1.54, 1.807) is 6.92 Å². The fourth-order valence-electron chi connectivity index (χ4n) is 1.30. The molecule has 0 saturated heterocycles. The van der Waals surface area contributed by atoms with E-state index in [9.17, 15) is 19.7 Å². The van der Waals surface area contributed by atoms with E-state index < -0.39 is 11.0 Å². The molecule has 0 spiro atoms. The molecule has 0 aliphatic rings. The monoisotopic (exact) mass is 266 g/mol. The van der Waals surface area contributed by atoms with Gasteiger partial charge < -0.3 is 10.1 Å². The Hall–Kier alpha value is -2.44. The van der Waals surface area contributed by atoms with Gasteiger partial charge in [-0.05, 0) is 19.9 Å². The standard InChI is InChI=1S/C12H14N2O5/c1-7(15)8(2)19-12-5-4-10(14(17)18)6-11(12)13-9(3)16/h4-6,8H,1-3H3,(H,13,16). The highest BCUT2D eigenvalue weighted by atomic mass is 16.6. The predicted molar refractivity (Wildman–Crippen MR) is 68.2 cm³/mol. The Morgan fingerprint density at radius 1 is 1.37 bits per heavy atom. The Morgan fingerprint density at radius 2 is 2.00 bits per heavy atom. The molecule has 0 bridgehead atoms. The number of nitro groups is 1. The molecule has 0 heterocycles. The Bertz CT molecular complexity index is 527. The first-order chi connectivity index (χ1) is 8.81. The molecule has 1 atom stereocenters. The highest BCUT2D eigenvalue weighted by Crippen LogP contribution is 2.30. The second-order valence-electron chi connectivity index (χ2n) is 3.99. The molecule has 0 aliphatic carbocycles. The van der Waals surface area contributed by atoms with Crippen LogP contribution in [0.2, 0.25) is 0 Å². The molecule has 0 aliphatic heterocycles. The van der Waals surface area contributed by atoms with Crippen molar-refractivity contribution in [1.82, 2.24) is 0 Å². The smallest absolute Gasteiger partial charge is 0.271 e. The van der Waals surface area contributed by atoms with Gasteiger partial charge in [0, 0.05) is 19.1 Å². The number of ether oxygens (including phenoxy) is 1. The average Bonchev–Trinajstić information content (AvgIpc) is 2.30. The van der Waals surface area contributed by atoms with Crippen LogP contribution in [0.3, 0.4) is 0 Å². The Labute approximate surface area is 109 Å². The number of nitrogens with one attached hydrogen (secondary N) is 1. The summed E-state index contributed by atoms with van der Waals surface area (Å²) in [6.45, 7) is 4.20. The summed E-state index contributed by atoms with van der Waals surface area (Å²) in [6, 6.07) is 3.78. The second-order valence-corrected chi connectivity index (χ2v) is 3.99. The van der Waals surface area contributed by atoms with Crippen molar-refractivity contribution in [3.63, 3.8) is 0 Å². The number of Topliss-reactive ketones (excluding diaryl/α,β-unsaturated/α-hetero) is 1. The number of hydrogen-bond acceptors (Lipinski definition) is 5. The van der Waals surface area contributed by atoms with Crippen molar-refractivity contribution in [3.05, 3.63) is 28.3 Å². The molecule has 1 aromatic carbocycles. The molecule has 1 N–H and O–H groups in total. The van der Waals surface area contributed by atoms with E-state index >= 15 is 0 Å². The van der Waals surface area contributed by atoms with Gasteiger partial charge in [-0.1, -0.05) is 0 Å². The van der Waals surface area contributed by atoms with Crippen LogP contribution >= 0.6 is 0 Å². The Balaban J connectivity index is 3.11. The summed E-state index contributed by atoms with van der Waals surface area (Å²) in [5.41, 5.74) is -0.0126. The van der Waals surface area contributed by atoms with Crippen molar-refractivity contribution in [2.24, 2.45) is 0 Å². The maximum atomic E-state index is 11.1. The van der Waals surface area contributed by atoms with Crippen LogP contribution in [-0.2, 0) is 9.59 Å². The quantitative estimate of drug-likeness (QED) is 0.648. The third kappa shape index (κ3) is 4.06. The molecular weight excluding hydrogens is 252 g/mol. The first-order valence-electron chi connectivity index (χ1n) is 5.54. The summed E-state index contributed by atoms with van der Waals surface area (Å²) in [5, 5.41) is 13.1. The van der Waals surface area contributed by atoms with Crippen LogP contribution in [0.15, 0.2) is 18.2 Å². The zero-order valence-electron chi connectivity index (χ0n) is 10.8. The van der Waals surface area contributed by atoms with Crippen molar-refractivity contribution in [2.45, 2.75) is 26.9 Å². The molecule has 1 rings (SSSR count). The van der Waals surface area contributed by atoms with E-state index in [1.807, 2.05) is 0 Å². The Morgan fingerprint density at radius 3 is 2.47 bits per heavy atom. The van der Waals surface area contributed by atoms with Crippen LogP contribution in [-0.4, -0.2) is 22.7 Å². The highest BCUT2D eigenvalue weighted by molar-refractivity contribution is 5.91. The van der Waals surface area contributed by atoms with E-state index in [0.29, 0.717) is 0 Å². The van der Waals surface area contributed by atoms with E-state index in [1.165, 1.54) is 32.0 Å². The van der Waals surface area contributed by atoms with Crippen LogP contribution in [0.1, 0.15) is 20.8 Å². The fraction of sp³-hybridized carbons (Fsp3) is 0.333. The van der Waals surface area contributed by atoms with Crippen molar-refractivity contribution >= 4 is 23.1 Å². The van der Waals surface area contributed by atoms with Gasteiger partial charge in [0.15, 0.2) is 11.9 Å². The van der Waals surface area contributed by atoms with Gasteiger partial charge in [0.05, 0.1) is 10.6 Å². The maximum Gasteiger partial charge on any atom is 0.271 e. The molecule has 1 amide bonds. The summed E-state index contributed by atoms with van der Waals surface area (Å²) < 4.78 is 5.36. The van der Waals surface area contributed by atoms with Gasteiger partial charge in [0.25, 0.3) is 5.69 Å². The average molecular weight is 266 g/mol. The number of nitrogens with zero attached hydrogens (tertiary/aromatic N) is 1. The van der Waals surface area contributed by atoms with Gasteiger partial charge in [-0.3, -0.25) is 19.7 Å². The molecule has 7 heteroatoms. The summed E-state index contributed by atoms with van der Waals surface area (Å²) in [6.07, 6.45) is -0.700. The van der Waals surface area contributed by atoms with Crippen LogP contribution in [0, 0.1) is 10.1 Å². The largest absolute Gasteiger partial charge is 0.481 e. The van der Waals surface area contributed by atoms with E-state index in [2.05, 4.69) is 5.32 Å². The highest BCUT2D eigenvalue weighted by Gasteiger charge is 2.16. The minimum Gasteiger partial charge on any atom is -0.481 e. The number of rotatable bonds is 5. The minimum atomic E-state index is -0.700. The fourth-order valence-corrected chi connectivity index (χ4v) is 1.30. The van der Waals surface area contributed by atoms with E-state index in [-0.39, 0.29) is 28.8 Å². The molecule has 1 unspecified atom stereocenters. The summed E-state index contributed by atoms with van der Waals surface area (Å²) >= 11 is 0. The number of ketones is 1. The molecule has 102 valence electrons. The molecule has 1 aromatic rings. The number of nitro benzene ring substituents is 1. The molecule has 19 heavy (non-hydrogen) atoms. The number of non-ortho nitro benzene ring substituents is 1. The summed E-state index contributed by atoms with van der Waals surface area (Å²) in [5.74, 6) is -0.364. The zero-order valence-corrected chi connectivity index (χ0v) is 10.8. The molecule has 0 radical (unpaired) electrons. The number of carbonyl (C=O) groups is 2. The number of hydrogen-bond donors (Lipinski definition) is 1. The number of amides is 1. The van der Waals surface area contributed by atoms with Crippen molar-refractivity contribution in [3.8, 4) is 5.75 Å². The maximum absolute atomic E-state index is 11.1. The van der Waals surface area contributed by atoms with Gasteiger partial charge >= 0.3 is 0 Å². The molecule has 7 nitrogen and oxygen atoms in total. The topological polar surface area (TPSA) is 98.5 Å². The van der Waals surface area contributed by atoms with Crippen molar-refractivity contribution in [1.29, 1.82) is 0 Å². The summed E-state index contributed by atoms with van der Waals surface area (Å²) in [4.78, 5) is 32.3. The van der Waals surface area contributed by atoms with Gasteiger partial charge in [0.1, 0.15) is 5.75 Å². The van der Waals surface area contributed by atoms with Crippen LogP contribution in [0.25, 0.3) is 0 Å². The second kappa shape index (κ2) is 5.94. The normalized spacial score (nSPS) is 11.5. The minimum absolute atomic E-state index is 0.162. The van der Waals surface area contributed by atoms with E-state index in [4.69, 9.17) is 4.74 Å². The van der Waals surface area contributed by atoms with Gasteiger partial charge in [0.2, 0.25) is 5.91 Å². The lowest BCUT2D eigenvalue weighted by atomic mass is 10.2. The lowest BCUT2D eigenvalue weighted by molar-refractivity contribution is -0.384. The van der Waals surface area contributed by atoms with Crippen LogP contribution in [0.4, 0.5) is 11.4 Å². The lowest BCUT2D eigenvalue weighted by Gasteiger charge is -2.15. The third-order valence-corrected chi connectivity index (χ3v) is 2.36. The summed E-state index contributed by atoms with van der Waals surface area (Å²) in [7, 11) is 0. The predicted octanol–water partition coefficient (Wildman–Crippen LogP) is 1.91. The van der Waals surface area contributed by atoms with E-state index in [0.717, 1.165) is 0 Å². The molecule has 0 fully saturated rings. The first kappa shape index (κ1) is 14.6. The third-order valence-electron chi connectivity index (χ3n) is 2.36. The van der Waals surface area contributed by atoms with Crippen LogP contribution < -0.4 is 10.1 Å². The van der Waals surface area contributed by atoms with Gasteiger partial charge in [-0.2, -0.15) is 0 Å². The SMILES string of the molecule is CC(=O)Nc1cc([N+](=O)[O-])ccc1OC(C)C(C)=O. The molecule has 0 saturated carbocycles. The Kier molecular flexibility index (Phi) is 4.57. The number of carbonyl (C=O) groups excluding carboxylic acids is 2.